The van der Waals surface area contributed by atoms with Gasteiger partial charge in [-0.3, -0.25) is 4.79 Å². The molecule has 1 aromatic carbocycles. The van der Waals surface area contributed by atoms with Crippen molar-refractivity contribution in [3.8, 4) is 0 Å². The van der Waals surface area contributed by atoms with Gasteiger partial charge in [0.05, 0.1) is 12.7 Å². The number of amides is 1. The molecule has 5 heteroatoms. The predicted octanol–water partition coefficient (Wildman–Crippen LogP) is 2.99. The minimum absolute atomic E-state index is 0.131. The largest absolute Gasteiger partial charge is 0.444 e. The lowest BCUT2D eigenvalue weighted by molar-refractivity contribution is 0.0947. The van der Waals surface area contributed by atoms with Gasteiger partial charge in [-0.2, -0.15) is 0 Å². The first-order valence-electron chi connectivity index (χ1n) is 7.28. The Morgan fingerprint density at radius 1 is 1.24 bits per heavy atom. The standard InChI is InChI=1S/C16H21N3O2/c1-3-9-17-13-7-5-12(6-8-13)16(20)19-11-15-18-10-14(4-2)21-15/h5-8,10,17H,3-4,9,11H2,1-2H3,(H,19,20). The van der Waals surface area contributed by atoms with Gasteiger partial charge in [0.2, 0.25) is 5.89 Å². The smallest absolute Gasteiger partial charge is 0.251 e. The topological polar surface area (TPSA) is 67.2 Å². The fourth-order valence-corrected chi connectivity index (χ4v) is 1.86. The summed E-state index contributed by atoms with van der Waals surface area (Å²) in [5, 5.41) is 6.07. The highest BCUT2D eigenvalue weighted by atomic mass is 16.4. The van der Waals surface area contributed by atoms with E-state index in [1.165, 1.54) is 0 Å². The third-order valence-corrected chi connectivity index (χ3v) is 3.08. The lowest BCUT2D eigenvalue weighted by Crippen LogP contribution is -2.22. The molecule has 0 radical (unpaired) electrons. The molecule has 1 heterocycles. The molecule has 2 aromatic rings. The number of oxazole rings is 1. The lowest BCUT2D eigenvalue weighted by atomic mass is 10.2. The highest BCUT2D eigenvalue weighted by Gasteiger charge is 2.07. The average Bonchev–Trinajstić information content (AvgIpc) is 2.99. The van der Waals surface area contributed by atoms with Crippen LogP contribution in [-0.4, -0.2) is 17.4 Å². The molecule has 2 rings (SSSR count). The van der Waals surface area contributed by atoms with Gasteiger partial charge >= 0.3 is 0 Å². The summed E-state index contributed by atoms with van der Waals surface area (Å²) in [4.78, 5) is 16.1. The number of aromatic nitrogens is 1. The van der Waals surface area contributed by atoms with Crippen LogP contribution in [0.15, 0.2) is 34.9 Å². The Hall–Kier alpha value is -2.30. The molecule has 0 saturated heterocycles. The van der Waals surface area contributed by atoms with Crippen molar-refractivity contribution < 1.29 is 9.21 Å². The van der Waals surface area contributed by atoms with Crippen molar-refractivity contribution in [1.82, 2.24) is 10.3 Å². The molecular weight excluding hydrogens is 266 g/mol. The molecule has 0 unspecified atom stereocenters. The highest BCUT2D eigenvalue weighted by molar-refractivity contribution is 5.94. The number of aryl methyl sites for hydroxylation is 1. The molecule has 0 bridgehead atoms. The van der Waals surface area contributed by atoms with Crippen LogP contribution in [-0.2, 0) is 13.0 Å². The van der Waals surface area contributed by atoms with Crippen molar-refractivity contribution in [2.45, 2.75) is 33.2 Å². The van der Waals surface area contributed by atoms with Crippen molar-refractivity contribution in [2.24, 2.45) is 0 Å². The van der Waals surface area contributed by atoms with Crippen LogP contribution in [0.1, 0.15) is 42.3 Å². The van der Waals surface area contributed by atoms with E-state index in [0.29, 0.717) is 18.0 Å². The van der Waals surface area contributed by atoms with E-state index in [9.17, 15) is 4.79 Å². The van der Waals surface area contributed by atoms with Crippen molar-refractivity contribution in [1.29, 1.82) is 0 Å². The second-order valence-electron chi connectivity index (χ2n) is 4.76. The molecule has 1 aromatic heterocycles. The Labute approximate surface area is 124 Å². The molecule has 0 aliphatic rings. The Morgan fingerprint density at radius 3 is 2.62 bits per heavy atom. The Bertz CT molecular complexity index is 575. The van der Waals surface area contributed by atoms with Gasteiger partial charge in [0, 0.05) is 24.2 Å². The number of benzene rings is 1. The van der Waals surface area contributed by atoms with E-state index >= 15 is 0 Å². The van der Waals surface area contributed by atoms with Crippen LogP contribution in [0.3, 0.4) is 0 Å². The second-order valence-corrected chi connectivity index (χ2v) is 4.76. The number of hydrogen-bond acceptors (Lipinski definition) is 4. The molecule has 2 N–H and O–H groups in total. The van der Waals surface area contributed by atoms with Crippen LogP contribution in [0.4, 0.5) is 5.69 Å². The van der Waals surface area contributed by atoms with Crippen molar-refractivity contribution >= 4 is 11.6 Å². The molecule has 0 aliphatic carbocycles. The SMILES string of the molecule is CCCNc1ccc(C(=O)NCc2ncc(CC)o2)cc1. The number of carbonyl (C=O) groups excluding carboxylic acids is 1. The van der Waals surface area contributed by atoms with Crippen molar-refractivity contribution in [3.05, 3.63) is 47.7 Å². The van der Waals surface area contributed by atoms with Gasteiger partial charge < -0.3 is 15.1 Å². The van der Waals surface area contributed by atoms with Gasteiger partial charge in [-0.05, 0) is 30.7 Å². The molecule has 112 valence electrons. The van der Waals surface area contributed by atoms with E-state index in [1.807, 2.05) is 19.1 Å². The predicted molar refractivity (Wildman–Crippen MR) is 82.3 cm³/mol. The first kappa shape index (κ1) is 15.1. The van der Waals surface area contributed by atoms with E-state index in [4.69, 9.17) is 4.42 Å². The molecule has 0 saturated carbocycles. The zero-order chi connectivity index (χ0) is 15.1. The third kappa shape index (κ3) is 4.34. The summed E-state index contributed by atoms with van der Waals surface area (Å²) in [6.07, 6.45) is 3.56. The lowest BCUT2D eigenvalue weighted by Gasteiger charge is -2.06. The first-order valence-corrected chi connectivity index (χ1v) is 7.28. The number of anilines is 1. The fourth-order valence-electron chi connectivity index (χ4n) is 1.86. The van der Waals surface area contributed by atoms with E-state index in [0.717, 1.165) is 30.8 Å². The molecule has 21 heavy (non-hydrogen) atoms. The average molecular weight is 287 g/mol. The number of nitrogens with zero attached hydrogens (tertiary/aromatic N) is 1. The minimum atomic E-state index is -0.131. The summed E-state index contributed by atoms with van der Waals surface area (Å²) in [5.74, 6) is 1.22. The van der Waals surface area contributed by atoms with E-state index in [2.05, 4.69) is 22.5 Å². The normalized spacial score (nSPS) is 10.4. The summed E-state index contributed by atoms with van der Waals surface area (Å²) >= 11 is 0. The summed E-state index contributed by atoms with van der Waals surface area (Å²) in [7, 11) is 0. The van der Waals surface area contributed by atoms with E-state index in [-0.39, 0.29) is 5.91 Å². The van der Waals surface area contributed by atoms with Gasteiger partial charge in [-0.1, -0.05) is 13.8 Å². The molecular formula is C16H21N3O2. The first-order chi connectivity index (χ1) is 10.2. The van der Waals surface area contributed by atoms with E-state index < -0.39 is 0 Å². The van der Waals surface area contributed by atoms with Crippen LogP contribution in [0.5, 0.6) is 0 Å². The van der Waals surface area contributed by atoms with Gasteiger partial charge in [-0.25, -0.2) is 4.98 Å². The zero-order valence-electron chi connectivity index (χ0n) is 12.5. The fraction of sp³-hybridized carbons (Fsp3) is 0.375. The molecule has 0 aliphatic heterocycles. The maximum absolute atomic E-state index is 12.0. The molecule has 0 fully saturated rings. The van der Waals surface area contributed by atoms with Crippen LogP contribution in [0.2, 0.25) is 0 Å². The molecule has 0 atom stereocenters. The Balaban J connectivity index is 1.87. The van der Waals surface area contributed by atoms with Gasteiger partial charge in [0.15, 0.2) is 0 Å². The maximum atomic E-state index is 12.0. The van der Waals surface area contributed by atoms with Crippen LogP contribution >= 0.6 is 0 Å². The van der Waals surface area contributed by atoms with Crippen molar-refractivity contribution in [3.63, 3.8) is 0 Å². The van der Waals surface area contributed by atoms with Gasteiger partial charge in [0.25, 0.3) is 5.91 Å². The Kier molecular flexibility index (Phi) is 5.37. The van der Waals surface area contributed by atoms with Crippen LogP contribution in [0, 0.1) is 0 Å². The van der Waals surface area contributed by atoms with E-state index in [1.54, 1.807) is 18.3 Å². The monoisotopic (exact) mass is 287 g/mol. The van der Waals surface area contributed by atoms with Crippen LogP contribution in [0.25, 0.3) is 0 Å². The van der Waals surface area contributed by atoms with Gasteiger partial charge in [0.1, 0.15) is 5.76 Å². The number of hydrogen-bond donors (Lipinski definition) is 2. The highest BCUT2D eigenvalue weighted by Crippen LogP contribution is 2.10. The number of carbonyl (C=O) groups is 1. The zero-order valence-corrected chi connectivity index (χ0v) is 12.5. The number of nitrogens with one attached hydrogen (secondary N) is 2. The molecule has 5 nitrogen and oxygen atoms in total. The maximum Gasteiger partial charge on any atom is 0.251 e. The summed E-state index contributed by atoms with van der Waals surface area (Å²) in [6, 6.07) is 7.43. The third-order valence-electron chi connectivity index (χ3n) is 3.08. The van der Waals surface area contributed by atoms with Crippen molar-refractivity contribution in [2.75, 3.05) is 11.9 Å². The summed E-state index contributed by atoms with van der Waals surface area (Å²) in [5.41, 5.74) is 1.65. The quantitative estimate of drug-likeness (QED) is 0.821. The minimum Gasteiger partial charge on any atom is -0.444 e. The van der Waals surface area contributed by atoms with Crippen LogP contribution < -0.4 is 10.6 Å². The van der Waals surface area contributed by atoms with Gasteiger partial charge in [-0.15, -0.1) is 0 Å². The number of rotatable bonds is 7. The summed E-state index contributed by atoms with van der Waals surface area (Å²) < 4.78 is 5.45. The summed E-state index contributed by atoms with van der Waals surface area (Å²) in [6.45, 7) is 5.34. The molecule has 1 amide bonds. The second kappa shape index (κ2) is 7.47. The Morgan fingerprint density at radius 2 is 2.00 bits per heavy atom. The molecule has 0 spiro atoms.